The number of H-pyrrole nitrogens is 1. The smallest absolute Gasteiger partial charge is 0.252 e. The predicted octanol–water partition coefficient (Wildman–Crippen LogP) is 4.07. The summed E-state index contributed by atoms with van der Waals surface area (Å²) in [6.07, 6.45) is 0. The van der Waals surface area contributed by atoms with Crippen LogP contribution in [-0.4, -0.2) is 22.6 Å². The topological polar surface area (TPSA) is 57.8 Å². The number of fused-ring (bicyclic) bond motifs is 1. The minimum atomic E-state index is -0.0391. The second kappa shape index (κ2) is 6.70. The number of nitrogens with zero attached hydrogens (tertiary/aromatic N) is 1. The molecular formula is C16H14IN3OS. The van der Waals surface area contributed by atoms with Crippen LogP contribution in [0.25, 0.3) is 10.9 Å². The summed E-state index contributed by atoms with van der Waals surface area (Å²) in [5, 5.41) is 11.2. The van der Waals surface area contributed by atoms with E-state index < -0.39 is 0 Å². The van der Waals surface area contributed by atoms with Gasteiger partial charge in [0.1, 0.15) is 3.70 Å². The van der Waals surface area contributed by atoms with E-state index in [1.165, 1.54) is 0 Å². The average Bonchev–Trinajstić information content (AvgIpc) is 2.89. The first kappa shape index (κ1) is 15.4. The first-order valence-electron chi connectivity index (χ1n) is 6.87. The van der Waals surface area contributed by atoms with Crippen LogP contribution in [-0.2, 0) is 0 Å². The first-order valence-corrected chi connectivity index (χ1v) is 8.77. The third-order valence-electron chi connectivity index (χ3n) is 3.18. The number of hydrogen-bond acceptors (Lipinski definition) is 3. The predicted molar refractivity (Wildman–Crippen MR) is 97.4 cm³/mol. The average molecular weight is 423 g/mol. The molecule has 3 aromatic rings. The summed E-state index contributed by atoms with van der Waals surface area (Å²) < 4.78 is 0.965. The van der Waals surface area contributed by atoms with Crippen molar-refractivity contribution < 1.29 is 4.79 Å². The second-order valence-corrected chi connectivity index (χ2v) is 6.82. The molecular weight excluding hydrogens is 409 g/mol. The highest BCUT2D eigenvalue weighted by Crippen LogP contribution is 2.32. The quantitative estimate of drug-likeness (QED) is 0.623. The van der Waals surface area contributed by atoms with Crippen molar-refractivity contribution >= 4 is 51.2 Å². The van der Waals surface area contributed by atoms with Gasteiger partial charge < -0.3 is 5.32 Å². The molecule has 0 saturated heterocycles. The molecule has 1 amide bonds. The zero-order valence-corrected chi connectivity index (χ0v) is 14.9. The third-order valence-corrected chi connectivity index (χ3v) is 5.07. The molecule has 0 unspecified atom stereocenters. The maximum absolute atomic E-state index is 12.1. The molecule has 3 rings (SSSR count). The van der Waals surface area contributed by atoms with E-state index in [2.05, 4.69) is 56.3 Å². The van der Waals surface area contributed by atoms with Crippen LogP contribution in [0.1, 0.15) is 17.3 Å². The van der Waals surface area contributed by atoms with Gasteiger partial charge >= 0.3 is 0 Å². The Morgan fingerprint density at radius 1 is 1.32 bits per heavy atom. The number of benzene rings is 2. The highest BCUT2D eigenvalue weighted by molar-refractivity contribution is 14.1. The van der Waals surface area contributed by atoms with Crippen molar-refractivity contribution in [2.75, 3.05) is 6.54 Å². The number of nitrogens with one attached hydrogen (secondary N) is 2. The van der Waals surface area contributed by atoms with Gasteiger partial charge in [0.15, 0.2) is 0 Å². The van der Waals surface area contributed by atoms with Gasteiger partial charge in [-0.15, -0.1) is 0 Å². The lowest BCUT2D eigenvalue weighted by molar-refractivity contribution is 0.0953. The van der Waals surface area contributed by atoms with Gasteiger partial charge in [-0.2, -0.15) is 5.10 Å². The summed E-state index contributed by atoms with van der Waals surface area (Å²) in [5.41, 5.74) is 1.71. The van der Waals surface area contributed by atoms with Crippen molar-refractivity contribution in [1.29, 1.82) is 0 Å². The molecule has 6 heteroatoms. The van der Waals surface area contributed by atoms with Gasteiger partial charge in [-0.1, -0.05) is 23.9 Å². The molecule has 0 atom stereocenters. The van der Waals surface area contributed by atoms with Gasteiger partial charge in [-0.3, -0.25) is 9.89 Å². The van der Waals surface area contributed by atoms with Crippen LogP contribution < -0.4 is 5.32 Å². The zero-order chi connectivity index (χ0) is 15.5. The Morgan fingerprint density at radius 3 is 2.95 bits per heavy atom. The fraction of sp³-hybridized carbons (Fsp3) is 0.125. The number of carbonyl (C=O) groups excluding carboxylic acids is 1. The van der Waals surface area contributed by atoms with Crippen LogP contribution in [0.15, 0.2) is 52.3 Å². The van der Waals surface area contributed by atoms with E-state index in [0.717, 1.165) is 24.4 Å². The van der Waals surface area contributed by atoms with Gasteiger partial charge in [-0.05, 0) is 59.8 Å². The third kappa shape index (κ3) is 3.12. The molecule has 0 aliphatic carbocycles. The molecule has 4 nitrogen and oxygen atoms in total. The maximum atomic E-state index is 12.1. The van der Waals surface area contributed by atoms with E-state index in [0.29, 0.717) is 12.1 Å². The molecule has 0 fully saturated rings. The van der Waals surface area contributed by atoms with E-state index in [9.17, 15) is 4.79 Å². The van der Waals surface area contributed by atoms with Gasteiger partial charge in [0.25, 0.3) is 5.91 Å². The number of aromatic amines is 1. The maximum Gasteiger partial charge on any atom is 0.252 e. The lowest BCUT2D eigenvalue weighted by Gasteiger charge is -2.09. The molecule has 1 heterocycles. The Labute approximate surface area is 146 Å². The van der Waals surface area contributed by atoms with Gasteiger partial charge in [-0.25, -0.2) is 0 Å². The summed E-state index contributed by atoms with van der Waals surface area (Å²) in [5.74, 6) is -0.0391. The van der Waals surface area contributed by atoms with Crippen LogP contribution in [0.2, 0.25) is 0 Å². The molecule has 2 aromatic carbocycles. The number of carbonyl (C=O) groups is 1. The molecule has 2 N–H and O–H groups in total. The van der Waals surface area contributed by atoms with Crippen LogP contribution >= 0.6 is 34.4 Å². The van der Waals surface area contributed by atoms with Crippen molar-refractivity contribution in [3.8, 4) is 0 Å². The lowest BCUT2D eigenvalue weighted by Crippen LogP contribution is -2.23. The van der Waals surface area contributed by atoms with E-state index in [1.807, 2.05) is 31.2 Å². The Balaban J connectivity index is 1.93. The number of aromatic nitrogens is 2. The molecule has 1 aromatic heterocycles. The molecule has 0 aliphatic rings. The fourth-order valence-electron chi connectivity index (χ4n) is 2.15. The summed E-state index contributed by atoms with van der Waals surface area (Å²) in [6, 6.07) is 13.8. The zero-order valence-electron chi connectivity index (χ0n) is 11.9. The summed E-state index contributed by atoms with van der Waals surface area (Å²) >= 11 is 3.79. The number of hydrogen-bond donors (Lipinski definition) is 2. The Kier molecular flexibility index (Phi) is 4.68. The highest BCUT2D eigenvalue weighted by atomic mass is 127. The molecule has 0 spiro atoms. The summed E-state index contributed by atoms with van der Waals surface area (Å²) in [7, 11) is 0. The largest absolute Gasteiger partial charge is 0.352 e. The lowest BCUT2D eigenvalue weighted by atomic mass is 10.2. The number of amides is 1. The molecule has 0 radical (unpaired) electrons. The summed E-state index contributed by atoms with van der Waals surface area (Å²) in [6.45, 7) is 2.54. The van der Waals surface area contributed by atoms with Gasteiger partial charge in [0.05, 0.1) is 11.1 Å². The van der Waals surface area contributed by atoms with E-state index in [4.69, 9.17) is 0 Å². The van der Waals surface area contributed by atoms with Crippen molar-refractivity contribution in [2.45, 2.75) is 16.7 Å². The fourth-order valence-corrected chi connectivity index (χ4v) is 3.73. The molecule has 0 saturated carbocycles. The van der Waals surface area contributed by atoms with Crippen molar-refractivity contribution in [1.82, 2.24) is 15.5 Å². The van der Waals surface area contributed by atoms with Gasteiger partial charge in [0, 0.05) is 21.7 Å². The highest BCUT2D eigenvalue weighted by Gasteiger charge is 2.12. The number of rotatable bonds is 4. The van der Waals surface area contributed by atoms with E-state index in [-0.39, 0.29) is 5.91 Å². The van der Waals surface area contributed by atoms with Crippen LogP contribution in [0.5, 0.6) is 0 Å². The molecule has 112 valence electrons. The second-order valence-electron chi connectivity index (χ2n) is 4.68. The molecule has 22 heavy (non-hydrogen) atoms. The normalized spacial score (nSPS) is 10.8. The van der Waals surface area contributed by atoms with Gasteiger partial charge in [0.2, 0.25) is 0 Å². The Hall–Kier alpha value is -1.54. The Morgan fingerprint density at radius 2 is 2.14 bits per heavy atom. The summed E-state index contributed by atoms with van der Waals surface area (Å²) in [4.78, 5) is 14.1. The Bertz CT molecular complexity index is 831. The van der Waals surface area contributed by atoms with Crippen molar-refractivity contribution in [2.24, 2.45) is 0 Å². The minimum Gasteiger partial charge on any atom is -0.352 e. The number of halogens is 1. The molecule has 0 bridgehead atoms. The SMILES string of the molecule is CCNC(=O)c1ccccc1Sc1ccc2c(I)n[nH]c2c1. The van der Waals surface area contributed by atoms with Crippen molar-refractivity contribution in [3.05, 3.63) is 51.7 Å². The van der Waals surface area contributed by atoms with E-state index >= 15 is 0 Å². The minimum absolute atomic E-state index is 0.0391. The van der Waals surface area contributed by atoms with Crippen LogP contribution in [0.4, 0.5) is 0 Å². The molecule has 0 aliphatic heterocycles. The van der Waals surface area contributed by atoms with E-state index in [1.54, 1.807) is 11.8 Å². The first-order chi connectivity index (χ1) is 10.7. The van der Waals surface area contributed by atoms with Crippen molar-refractivity contribution in [3.63, 3.8) is 0 Å². The van der Waals surface area contributed by atoms with Crippen LogP contribution in [0.3, 0.4) is 0 Å². The standard InChI is InChI=1S/C16H14IN3OS/c1-2-18-16(21)12-5-3-4-6-14(12)22-10-7-8-11-13(9-10)19-20-15(11)17/h3-9H,2H2,1H3,(H,18,21)(H,19,20). The van der Waals surface area contributed by atoms with Crippen LogP contribution in [0, 0.1) is 3.70 Å². The monoisotopic (exact) mass is 423 g/mol.